The van der Waals surface area contributed by atoms with Crippen molar-refractivity contribution in [2.24, 2.45) is 0 Å². The first-order chi connectivity index (χ1) is 16.5. The Morgan fingerprint density at radius 1 is 1.09 bits per heavy atom. The number of rotatable bonds is 6. The minimum absolute atomic E-state index is 0.0426. The van der Waals surface area contributed by atoms with E-state index in [1.54, 1.807) is 30.3 Å². The van der Waals surface area contributed by atoms with Crippen molar-refractivity contribution in [3.8, 4) is 22.4 Å². The quantitative estimate of drug-likeness (QED) is 0.292. The largest absolute Gasteiger partial charge is 0.432 e. The van der Waals surface area contributed by atoms with Crippen LogP contribution in [0.25, 0.3) is 33.5 Å². The van der Waals surface area contributed by atoms with Crippen LogP contribution in [-0.2, 0) is 4.79 Å². The number of pyridine rings is 1. The molecule has 0 radical (unpaired) electrons. The summed E-state index contributed by atoms with van der Waals surface area (Å²) in [4.78, 5) is 29.5. The van der Waals surface area contributed by atoms with Crippen LogP contribution in [0, 0.1) is 5.82 Å². The molecule has 0 aliphatic rings. The number of hydrogen-bond acceptors (Lipinski definition) is 6. The van der Waals surface area contributed by atoms with Crippen molar-refractivity contribution >= 4 is 51.7 Å². The molecular formula is C25H19Cl2FN2O5. The van der Waals surface area contributed by atoms with Gasteiger partial charge in [0, 0.05) is 16.1 Å². The van der Waals surface area contributed by atoms with Gasteiger partial charge in [0.05, 0.1) is 16.1 Å². The molecule has 180 valence electrons. The van der Waals surface area contributed by atoms with E-state index in [1.165, 1.54) is 26.0 Å². The number of hydrogen-bond donors (Lipinski definition) is 3. The van der Waals surface area contributed by atoms with Crippen molar-refractivity contribution in [3.63, 3.8) is 0 Å². The molecule has 0 atom stereocenters. The van der Waals surface area contributed by atoms with Crippen molar-refractivity contribution < 1.29 is 28.6 Å². The van der Waals surface area contributed by atoms with Crippen LogP contribution in [0.5, 0.6) is 0 Å². The van der Waals surface area contributed by atoms with E-state index >= 15 is 0 Å². The first-order valence-electron chi connectivity index (χ1n) is 10.4. The molecule has 0 fully saturated rings. The molecule has 0 saturated heterocycles. The van der Waals surface area contributed by atoms with Crippen molar-refractivity contribution in [1.82, 2.24) is 4.98 Å². The highest BCUT2D eigenvalue weighted by Crippen LogP contribution is 2.41. The van der Waals surface area contributed by atoms with E-state index in [4.69, 9.17) is 27.6 Å². The SMILES string of the molecule is CC(C)(O)C(=O)c1oc2nc(-c3ccc(F)cc3Cl)c(-c3ccc(Cl)cc3)cc2c1NC(=O)CO. The first-order valence-corrected chi connectivity index (χ1v) is 11.1. The minimum atomic E-state index is -1.82. The van der Waals surface area contributed by atoms with Crippen LogP contribution in [0.2, 0.25) is 10.0 Å². The molecule has 0 aliphatic carbocycles. The second-order valence-corrected chi connectivity index (χ2v) is 9.11. The molecule has 10 heteroatoms. The van der Waals surface area contributed by atoms with Crippen LogP contribution in [0.4, 0.5) is 10.1 Å². The molecule has 0 bridgehead atoms. The number of amides is 1. The Morgan fingerprint density at radius 2 is 1.77 bits per heavy atom. The molecule has 1 amide bonds. The standard InChI is InChI=1S/C25H19Cl2FN2O5/c1-25(2,34)23(33)22-21(29-19(32)11-31)17-10-16(12-3-5-13(26)6-4-12)20(30-24(17)35-22)15-8-7-14(28)9-18(15)27/h3-10,31,34H,11H2,1-2H3,(H,29,32). The Balaban J connectivity index is 2.07. The molecule has 35 heavy (non-hydrogen) atoms. The second kappa shape index (κ2) is 9.39. The van der Waals surface area contributed by atoms with Gasteiger partial charge in [-0.1, -0.05) is 35.3 Å². The summed E-state index contributed by atoms with van der Waals surface area (Å²) >= 11 is 12.4. The zero-order chi connectivity index (χ0) is 25.5. The van der Waals surface area contributed by atoms with Crippen LogP contribution < -0.4 is 5.32 Å². The number of halogens is 3. The Kier molecular flexibility index (Phi) is 6.66. The summed E-state index contributed by atoms with van der Waals surface area (Å²) in [5, 5.41) is 22.8. The van der Waals surface area contributed by atoms with Gasteiger partial charge in [-0.05, 0) is 55.8 Å². The molecule has 2 aromatic heterocycles. The fraction of sp³-hybridized carbons (Fsp3) is 0.160. The highest BCUT2D eigenvalue weighted by atomic mass is 35.5. The first kappa shape index (κ1) is 24.8. The van der Waals surface area contributed by atoms with Crippen molar-refractivity contribution in [2.75, 3.05) is 11.9 Å². The highest BCUT2D eigenvalue weighted by Gasteiger charge is 2.33. The monoisotopic (exact) mass is 516 g/mol. The maximum Gasteiger partial charge on any atom is 0.250 e. The van der Waals surface area contributed by atoms with Gasteiger partial charge in [-0.25, -0.2) is 9.37 Å². The lowest BCUT2D eigenvalue weighted by Crippen LogP contribution is -2.31. The lowest BCUT2D eigenvalue weighted by Gasteiger charge is -2.14. The number of carbonyl (C=O) groups is 2. The number of aromatic nitrogens is 1. The number of nitrogens with one attached hydrogen (secondary N) is 1. The number of aliphatic hydroxyl groups is 2. The third kappa shape index (κ3) is 4.92. The summed E-state index contributed by atoms with van der Waals surface area (Å²) in [6.45, 7) is 1.70. The number of furan rings is 1. The lowest BCUT2D eigenvalue weighted by molar-refractivity contribution is -0.118. The average Bonchev–Trinajstić information content (AvgIpc) is 3.14. The number of Topliss-reactive ketones (excluding diaryl/α,β-unsaturated/α-hetero) is 1. The van der Waals surface area contributed by atoms with Gasteiger partial charge < -0.3 is 19.9 Å². The van der Waals surface area contributed by atoms with Crippen molar-refractivity contribution in [1.29, 1.82) is 0 Å². The van der Waals surface area contributed by atoms with E-state index in [0.29, 0.717) is 27.4 Å². The van der Waals surface area contributed by atoms with E-state index in [1.807, 2.05) is 0 Å². The normalized spacial score (nSPS) is 11.6. The van der Waals surface area contributed by atoms with Crippen molar-refractivity contribution in [3.05, 3.63) is 70.2 Å². The Labute approximate surface area is 209 Å². The zero-order valence-corrected chi connectivity index (χ0v) is 20.0. The molecular weight excluding hydrogens is 498 g/mol. The van der Waals surface area contributed by atoms with Crippen LogP contribution in [0.3, 0.4) is 0 Å². The van der Waals surface area contributed by atoms with Gasteiger partial charge in [-0.2, -0.15) is 0 Å². The van der Waals surface area contributed by atoms with Gasteiger partial charge in [-0.15, -0.1) is 0 Å². The molecule has 0 unspecified atom stereocenters. The topological polar surface area (TPSA) is 113 Å². The highest BCUT2D eigenvalue weighted by molar-refractivity contribution is 6.33. The predicted octanol–water partition coefficient (Wildman–Crippen LogP) is 5.49. The van der Waals surface area contributed by atoms with E-state index < -0.39 is 29.7 Å². The second-order valence-electron chi connectivity index (χ2n) is 8.27. The number of nitrogens with zero attached hydrogens (tertiary/aromatic N) is 1. The minimum Gasteiger partial charge on any atom is -0.432 e. The molecule has 4 rings (SSSR count). The maximum absolute atomic E-state index is 13.7. The summed E-state index contributed by atoms with van der Waals surface area (Å²) in [5.41, 5.74) is -0.0206. The third-order valence-electron chi connectivity index (χ3n) is 5.19. The molecule has 3 N–H and O–H groups in total. The predicted molar refractivity (Wildman–Crippen MR) is 131 cm³/mol. The number of ketones is 1. The Bertz CT molecular complexity index is 1460. The number of aliphatic hydroxyl groups excluding tert-OH is 1. The average molecular weight is 517 g/mol. The smallest absolute Gasteiger partial charge is 0.250 e. The van der Waals surface area contributed by atoms with Gasteiger partial charge >= 0.3 is 0 Å². The van der Waals surface area contributed by atoms with Gasteiger partial charge in [0.2, 0.25) is 17.4 Å². The number of benzene rings is 2. The summed E-state index contributed by atoms with van der Waals surface area (Å²) in [6, 6.07) is 12.3. The Hall–Kier alpha value is -3.30. The number of fused-ring (bicyclic) bond motifs is 1. The van der Waals surface area contributed by atoms with E-state index in [9.17, 15) is 24.2 Å². The van der Waals surface area contributed by atoms with Gasteiger partial charge in [-0.3, -0.25) is 9.59 Å². The molecule has 0 saturated carbocycles. The summed E-state index contributed by atoms with van der Waals surface area (Å²) < 4.78 is 19.4. The van der Waals surface area contributed by atoms with E-state index in [-0.39, 0.29) is 27.6 Å². The number of anilines is 1. The molecule has 0 spiro atoms. The maximum atomic E-state index is 13.7. The van der Waals surface area contributed by atoms with E-state index in [0.717, 1.165) is 6.07 Å². The number of carbonyl (C=O) groups excluding carboxylic acids is 2. The molecule has 2 aromatic carbocycles. The van der Waals surface area contributed by atoms with Crippen LogP contribution in [0.1, 0.15) is 24.4 Å². The lowest BCUT2D eigenvalue weighted by atomic mass is 9.97. The molecule has 7 nitrogen and oxygen atoms in total. The molecule has 2 heterocycles. The molecule has 0 aliphatic heterocycles. The fourth-order valence-electron chi connectivity index (χ4n) is 3.50. The van der Waals surface area contributed by atoms with Crippen LogP contribution >= 0.6 is 23.2 Å². The van der Waals surface area contributed by atoms with Crippen molar-refractivity contribution in [2.45, 2.75) is 19.4 Å². The summed E-state index contributed by atoms with van der Waals surface area (Å²) in [7, 11) is 0. The zero-order valence-electron chi connectivity index (χ0n) is 18.5. The van der Waals surface area contributed by atoms with Crippen LogP contribution in [0.15, 0.2) is 52.9 Å². The fourth-order valence-corrected chi connectivity index (χ4v) is 3.88. The summed E-state index contributed by atoms with van der Waals surface area (Å²) in [5.74, 6) is -2.47. The van der Waals surface area contributed by atoms with Gasteiger partial charge in [0.1, 0.15) is 23.7 Å². The Morgan fingerprint density at radius 3 is 2.37 bits per heavy atom. The van der Waals surface area contributed by atoms with Crippen LogP contribution in [-0.4, -0.2) is 39.1 Å². The molecule has 4 aromatic rings. The van der Waals surface area contributed by atoms with E-state index in [2.05, 4.69) is 10.3 Å². The summed E-state index contributed by atoms with van der Waals surface area (Å²) in [6.07, 6.45) is 0. The van der Waals surface area contributed by atoms with Gasteiger partial charge in [0.25, 0.3) is 0 Å². The van der Waals surface area contributed by atoms with Gasteiger partial charge in [0.15, 0.2) is 5.76 Å². The third-order valence-corrected chi connectivity index (χ3v) is 5.76.